The number of benzene rings is 1. The normalized spacial score (nSPS) is 10.5. The van der Waals surface area contributed by atoms with Crippen molar-refractivity contribution >= 4 is 17.4 Å². The van der Waals surface area contributed by atoms with Gasteiger partial charge in [-0.05, 0) is 55.8 Å². The van der Waals surface area contributed by atoms with E-state index in [2.05, 4.69) is 25.6 Å². The summed E-state index contributed by atoms with van der Waals surface area (Å²) >= 11 is 0. The molecule has 2 N–H and O–H groups in total. The molecule has 0 saturated carbocycles. The highest BCUT2D eigenvalue weighted by Gasteiger charge is 2.08. The molecule has 0 saturated heterocycles. The van der Waals surface area contributed by atoms with Crippen molar-refractivity contribution in [1.82, 2.24) is 20.3 Å². The van der Waals surface area contributed by atoms with Gasteiger partial charge in [0, 0.05) is 24.6 Å². The summed E-state index contributed by atoms with van der Waals surface area (Å²) in [6, 6.07) is 11.3. The number of ether oxygens (including phenoxy) is 1. The first kappa shape index (κ1) is 18.3. The SMILES string of the molecule is CC(C)Oc1ccc(Nc2cnc(C(=O)NCc3ccncc3)cn2)cc1. The molecule has 0 spiro atoms. The lowest BCUT2D eigenvalue weighted by Gasteiger charge is -2.11. The van der Waals surface area contributed by atoms with Gasteiger partial charge in [-0.15, -0.1) is 0 Å². The highest BCUT2D eigenvalue weighted by atomic mass is 16.5. The van der Waals surface area contributed by atoms with Crippen LogP contribution in [0.25, 0.3) is 0 Å². The molecule has 3 rings (SSSR count). The molecule has 0 aliphatic carbocycles. The van der Waals surface area contributed by atoms with Gasteiger partial charge in [-0.1, -0.05) is 0 Å². The second-order valence-electron chi connectivity index (χ2n) is 6.14. The number of nitrogens with zero attached hydrogens (tertiary/aromatic N) is 3. The standard InChI is InChI=1S/C20H21N5O2/c1-14(2)27-17-5-3-16(4-6-17)25-19-13-22-18(12-23-19)20(26)24-11-15-7-9-21-10-8-15/h3-10,12-14H,11H2,1-2H3,(H,23,25)(H,24,26). The Hall–Kier alpha value is -3.48. The van der Waals surface area contributed by atoms with Crippen molar-refractivity contribution in [3.63, 3.8) is 0 Å². The van der Waals surface area contributed by atoms with Gasteiger partial charge in [-0.25, -0.2) is 9.97 Å². The lowest BCUT2D eigenvalue weighted by Crippen LogP contribution is -2.24. The first-order valence-corrected chi connectivity index (χ1v) is 8.63. The van der Waals surface area contributed by atoms with E-state index in [4.69, 9.17) is 4.74 Å². The molecule has 7 nitrogen and oxygen atoms in total. The van der Waals surface area contributed by atoms with Gasteiger partial charge in [0.2, 0.25) is 0 Å². The lowest BCUT2D eigenvalue weighted by molar-refractivity contribution is 0.0945. The summed E-state index contributed by atoms with van der Waals surface area (Å²) < 4.78 is 5.61. The number of carbonyl (C=O) groups is 1. The van der Waals surface area contributed by atoms with E-state index in [9.17, 15) is 4.79 Å². The van der Waals surface area contributed by atoms with Crippen LogP contribution in [0.1, 0.15) is 29.9 Å². The molecule has 7 heteroatoms. The van der Waals surface area contributed by atoms with Crippen LogP contribution in [0.4, 0.5) is 11.5 Å². The van der Waals surface area contributed by atoms with Crippen LogP contribution in [0.3, 0.4) is 0 Å². The zero-order valence-corrected chi connectivity index (χ0v) is 15.2. The first-order valence-electron chi connectivity index (χ1n) is 8.63. The van der Waals surface area contributed by atoms with Crippen LogP contribution in [-0.4, -0.2) is 27.0 Å². The maximum atomic E-state index is 12.1. The molecule has 2 heterocycles. The third-order valence-corrected chi connectivity index (χ3v) is 3.59. The highest BCUT2D eigenvalue weighted by Crippen LogP contribution is 2.19. The largest absolute Gasteiger partial charge is 0.491 e. The molecular weight excluding hydrogens is 342 g/mol. The Morgan fingerprint density at radius 1 is 1.04 bits per heavy atom. The Kier molecular flexibility index (Phi) is 5.94. The third kappa shape index (κ3) is 5.50. The summed E-state index contributed by atoms with van der Waals surface area (Å²) in [5, 5.41) is 5.94. The summed E-state index contributed by atoms with van der Waals surface area (Å²) in [7, 11) is 0. The number of rotatable bonds is 7. The lowest BCUT2D eigenvalue weighted by atomic mass is 10.2. The van der Waals surface area contributed by atoms with Crippen molar-refractivity contribution in [2.45, 2.75) is 26.5 Å². The Labute approximate surface area is 157 Å². The van der Waals surface area contributed by atoms with Gasteiger partial charge >= 0.3 is 0 Å². The van der Waals surface area contributed by atoms with E-state index in [0.29, 0.717) is 12.4 Å². The summed E-state index contributed by atoms with van der Waals surface area (Å²) in [5.74, 6) is 1.09. The smallest absolute Gasteiger partial charge is 0.271 e. The first-order chi connectivity index (χ1) is 13.1. The molecule has 0 aliphatic rings. The van der Waals surface area contributed by atoms with Crippen LogP contribution >= 0.6 is 0 Å². The quantitative estimate of drug-likeness (QED) is 0.669. The van der Waals surface area contributed by atoms with Gasteiger partial charge in [-0.3, -0.25) is 9.78 Å². The molecule has 2 aromatic heterocycles. The fourth-order valence-electron chi connectivity index (χ4n) is 2.32. The van der Waals surface area contributed by atoms with Crippen LogP contribution in [0.15, 0.2) is 61.2 Å². The van der Waals surface area contributed by atoms with Crippen molar-refractivity contribution < 1.29 is 9.53 Å². The minimum atomic E-state index is -0.277. The number of nitrogens with one attached hydrogen (secondary N) is 2. The highest BCUT2D eigenvalue weighted by molar-refractivity contribution is 5.92. The number of carbonyl (C=O) groups excluding carboxylic acids is 1. The zero-order valence-electron chi connectivity index (χ0n) is 15.2. The van der Waals surface area contributed by atoms with Crippen molar-refractivity contribution in [2.75, 3.05) is 5.32 Å². The van der Waals surface area contributed by atoms with Crippen LogP contribution in [0.2, 0.25) is 0 Å². The van der Waals surface area contributed by atoms with Gasteiger partial charge in [0.15, 0.2) is 0 Å². The molecule has 27 heavy (non-hydrogen) atoms. The maximum absolute atomic E-state index is 12.1. The van der Waals surface area contributed by atoms with E-state index in [-0.39, 0.29) is 17.7 Å². The molecule has 1 amide bonds. The second kappa shape index (κ2) is 8.75. The molecule has 3 aromatic rings. The fraction of sp³-hybridized carbons (Fsp3) is 0.200. The monoisotopic (exact) mass is 363 g/mol. The van der Waals surface area contributed by atoms with E-state index < -0.39 is 0 Å². The fourth-order valence-corrected chi connectivity index (χ4v) is 2.32. The van der Waals surface area contributed by atoms with Crippen molar-refractivity contribution in [3.8, 4) is 5.75 Å². The predicted octanol–water partition coefficient (Wildman–Crippen LogP) is 3.33. The molecule has 138 valence electrons. The van der Waals surface area contributed by atoms with Crippen LogP contribution < -0.4 is 15.4 Å². The molecular formula is C20H21N5O2. The van der Waals surface area contributed by atoms with Gasteiger partial charge in [-0.2, -0.15) is 0 Å². The number of pyridine rings is 1. The molecule has 0 bridgehead atoms. The Morgan fingerprint density at radius 3 is 2.41 bits per heavy atom. The van der Waals surface area contributed by atoms with E-state index in [1.807, 2.05) is 50.2 Å². The molecule has 0 fully saturated rings. The van der Waals surface area contributed by atoms with E-state index >= 15 is 0 Å². The summed E-state index contributed by atoms with van der Waals surface area (Å²) in [6.07, 6.45) is 6.47. The van der Waals surface area contributed by atoms with Crippen molar-refractivity contribution in [1.29, 1.82) is 0 Å². The average molecular weight is 363 g/mol. The van der Waals surface area contributed by atoms with E-state index in [0.717, 1.165) is 17.0 Å². The molecule has 0 radical (unpaired) electrons. The van der Waals surface area contributed by atoms with Gasteiger partial charge in [0.1, 0.15) is 17.3 Å². The van der Waals surface area contributed by atoms with Crippen LogP contribution in [0, 0.1) is 0 Å². The number of hydrogen-bond acceptors (Lipinski definition) is 6. The summed E-state index contributed by atoms with van der Waals surface area (Å²) in [5.41, 5.74) is 2.08. The third-order valence-electron chi connectivity index (χ3n) is 3.59. The number of amides is 1. The minimum absolute atomic E-state index is 0.131. The average Bonchev–Trinajstić information content (AvgIpc) is 2.69. The number of aromatic nitrogens is 3. The zero-order chi connectivity index (χ0) is 19.1. The summed E-state index contributed by atoms with van der Waals surface area (Å²) in [4.78, 5) is 24.5. The molecule has 0 unspecified atom stereocenters. The van der Waals surface area contributed by atoms with Crippen LogP contribution in [-0.2, 0) is 6.54 Å². The van der Waals surface area contributed by atoms with Crippen molar-refractivity contribution in [3.05, 3.63) is 72.4 Å². The van der Waals surface area contributed by atoms with E-state index in [1.54, 1.807) is 12.4 Å². The van der Waals surface area contributed by atoms with Gasteiger partial charge in [0.05, 0.1) is 18.5 Å². The minimum Gasteiger partial charge on any atom is -0.491 e. The second-order valence-corrected chi connectivity index (χ2v) is 6.14. The molecule has 0 aliphatic heterocycles. The Bertz CT molecular complexity index is 865. The molecule has 1 aromatic carbocycles. The maximum Gasteiger partial charge on any atom is 0.271 e. The predicted molar refractivity (Wildman–Crippen MR) is 103 cm³/mol. The van der Waals surface area contributed by atoms with Crippen molar-refractivity contribution in [2.24, 2.45) is 0 Å². The summed E-state index contributed by atoms with van der Waals surface area (Å²) in [6.45, 7) is 4.38. The Balaban J connectivity index is 1.55. The Morgan fingerprint density at radius 2 is 1.78 bits per heavy atom. The van der Waals surface area contributed by atoms with Gasteiger partial charge < -0.3 is 15.4 Å². The number of anilines is 2. The van der Waals surface area contributed by atoms with Crippen LogP contribution in [0.5, 0.6) is 5.75 Å². The van der Waals surface area contributed by atoms with Gasteiger partial charge in [0.25, 0.3) is 5.91 Å². The number of hydrogen-bond donors (Lipinski definition) is 2. The molecule has 0 atom stereocenters. The van der Waals surface area contributed by atoms with E-state index in [1.165, 1.54) is 12.4 Å². The topological polar surface area (TPSA) is 89.0 Å².